The number of aromatic nitrogens is 1. The SMILES string of the molecule is Cc1cnc(C)c(OCC(F)(F)F)c1N. The third-order valence-corrected chi connectivity index (χ3v) is 1.83. The number of aryl methyl sites for hydroxylation is 2. The predicted octanol–water partition coefficient (Wildman–Crippen LogP) is 2.22. The van der Waals surface area contributed by atoms with Gasteiger partial charge in [0.15, 0.2) is 12.4 Å². The van der Waals surface area contributed by atoms with Crippen LogP contribution in [-0.4, -0.2) is 17.8 Å². The Labute approximate surface area is 85.1 Å². The molecule has 2 N–H and O–H groups in total. The molecule has 0 saturated carbocycles. The van der Waals surface area contributed by atoms with E-state index in [4.69, 9.17) is 5.73 Å². The Bertz CT molecular complexity index is 363. The molecular formula is C9H11F3N2O. The summed E-state index contributed by atoms with van der Waals surface area (Å²) in [5, 5.41) is 0. The summed E-state index contributed by atoms with van der Waals surface area (Å²) in [5.74, 6) is 0.00678. The lowest BCUT2D eigenvalue weighted by atomic mass is 10.2. The maximum absolute atomic E-state index is 11.9. The first-order valence-corrected chi connectivity index (χ1v) is 4.22. The second kappa shape index (κ2) is 3.96. The molecule has 1 rings (SSSR count). The fraction of sp³-hybridized carbons (Fsp3) is 0.444. The van der Waals surface area contributed by atoms with E-state index in [2.05, 4.69) is 9.72 Å². The standard InChI is InChI=1S/C9H11F3N2O/c1-5-3-14-6(2)8(7(5)13)15-4-9(10,11)12/h3H,4H2,1-2H3,(H2,13,14). The molecule has 6 heteroatoms. The number of nitrogens with two attached hydrogens (primary N) is 1. The second-order valence-electron chi connectivity index (χ2n) is 3.17. The van der Waals surface area contributed by atoms with Crippen molar-refractivity contribution in [1.82, 2.24) is 4.98 Å². The number of rotatable bonds is 2. The zero-order valence-electron chi connectivity index (χ0n) is 8.35. The van der Waals surface area contributed by atoms with Crippen molar-refractivity contribution < 1.29 is 17.9 Å². The van der Waals surface area contributed by atoms with E-state index < -0.39 is 12.8 Å². The minimum absolute atomic E-state index is 0.00678. The summed E-state index contributed by atoms with van der Waals surface area (Å²) in [6.45, 7) is 1.84. The number of nitrogen functional groups attached to an aromatic ring is 1. The number of halogens is 3. The number of anilines is 1. The average Bonchev–Trinajstić information content (AvgIpc) is 2.10. The van der Waals surface area contributed by atoms with Crippen molar-refractivity contribution in [3.05, 3.63) is 17.5 Å². The Hall–Kier alpha value is -1.46. The Balaban J connectivity index is 2.90. The monoisotopic (exact) mass is 220 g/mol. The molecule has 0 fully saturated rings. The lowest BCUT2D eigenvalue weighted by Crippen LogP contribution is -2.20. The van der Waals surface area contributed by atoms with Gasteiger partial charge in [0.1, 0.15) is 0 Å². The number of hydrogen-bond donors (Lipinski definition) is 1. The number of ether oxygens (including phenoxy) is 1. The molecule has 0 saturated heterocycles. The summed E-state index contributed by atoms with van der Waals surface area (Å²) < 4.78 is 40.4. The maximum Gasteiger partial charge on any atom is 0.422 e. The first-order chi connectivity index (χ1) is 6.81. The summed E-state index contributed by atoms with van der Waals surface area (Å²) in [6.07, 6.45) is -2.88. The van der Waals surface area contributed by atoms with E-state index in [0.717, 1.165) is 0 Å². The van der Waals surface area contributed by atoms with E-state index in [1.54, 1.807) is 13.8 Å². The highest BCUT2D eigenvalue weighted by Crippen LogP contribution is 2.28. The number of pyridine rings is 1. The van der Waals surface area contributed by atoms with Crippen LogP contribution in [0.15, 0.2) is 6.20 Å². The number of hydrogen-bond acceptors (Lipinski definition) is 3. The Morgan fingerprint density at radius 3 is 2.53 bits per heavy atom. The van der Waals surface area contributed by atoms with Gasteiger partial charge in [-0.3, -0.25) is 4.98 Å². The quantitative estimate of drug-likeness (QED) is 0.831. The molecule has 3 nitrogen and oxygen atoms in total. The largest absolute Gasteiger partial charge is 0.480 e. The van der Waals surface area contributed by atoms with Crippen LogP contribution in [0.25, 0.3) is 0 Å². The molecule has 0 spiro atoms. The van der Waals surface area contributed by atoms with Gasteiger partial charge in [0.25, 0.3) is 0 Å². The van der Waals surface area contributed by atoms with Gasteiger partial charge in [0.05, 0.1) is 11.4 Å². The first kappa shape index (κ1) is 11.6. The zero-order valence-corrected chi connectivity index (χ0v) is 8.35. The van der Waals surface area contributed by atoms with Crippen molar-refractivity contribution in [2.75, 3.05) is 12.3 Å². The molecular weight excluding hydrogens is 209 g/mol. The molecule has 0 aromatic carbocycles. The van der Waals surface area contributed by atoms with Crippen LogP contribution < -0.4 is 10.5 Å². The van der Waals surface area contributed by atoms with Gasteiger partial charge in [-0.15, -0.1) is 0 Å². The summed E-state index contributed by atoms with van der Waals surface area (Å²) in [7, 11) is 0. The van der Waals surface area contributed by atoms with Gasteiger partial charge in [-0.1, -0.05) is 0 Å². The van der Waals surface area contributed by atoms with Gasteiger partial charge in [0.2, 0.25) is 0 Å². The van der Waals surface area contributed by atoms with Crippen molar-refractivity contribution in [2.24, 2.45) is 0 Å². The van der Waals surface area contributed by atoms with Gasteiger partial charge in [0, 0.05) is 6.20 Å². The molecule has 1 aromatic heterocycles. The summed E-state index contributed by atoms with van der Waals surface area (Å²) in [6, 6.07) is 0. The molecule has 0 radical (unpaired) electrons. The van der Waals surface area contributed by atoms with Crippen LogP contribution in [0.5, 0.6) is 5.75 Å². The number of alkyl halides is 3. The van der Waals surface area contributed by atoms with E-state index in [-0.39, 0.29) is 11.4 Å². The smallest absolute Gasteiger partial charge is 0.422 e. The molecule has 0 amide bonds. The summed E-state index contributed by atoms with van der Waals surface area (Å²) in [4.78, 5) is 3.87. The molecule has 0 aliphatic heterocycles. The van der Waals surface area contributed by atoms with Gasteiger partial charge in [-0.2, -0.15) is 13.2 Å². The minimum Gasteiger partial charge on any atom is -0.480 e. The lowest BCUT2D eigenvalue weighted by Gasteiger charge is -2.13. The van der Waals surface area contributed by atoms with Gasteiger partial charge in [-0.25, -0.2) is 0 Å². The highest BCUT2D eigenvalue weighted by molar-refractivity contribution is 5.58. The van der Waals surface area contributed by atoms with Crippen LogP contribution in [0.1, 0.15) is 11.3 Å². The first-order valence-electron chi connectivity index (χ1n) is 4.22. The van der Waals surface area contributed by atoms with Gasteiger partial charge >= 0.3 is 6.18 Å². The molecule has 1 heterocycles. The van der Waals surface area contributed by atoms with Crippen molar-refractivity contribution in [2.45, 2.75) is 20.0 Å². The second-order valence-corrected chi connectivity index (χ2v) is 3.17. The third kappa shape index (κ3) is 3.00. The topological polar surface area (TPSA) is 48.1 Å². The van der Waals surface area contributed by atoms with Crippen LogP contribution in [0, 0.1) is 13.8 Å². The van der Waals surface area contributed by atoms with Crippen LogP contribution >= 0.6 is 0 Å². The van der Waals surface area contributed by atoms with Crippen LogP contribution in [-0.2, 0) is 0 Å². The molecule has 0 atom stereocenters. The van der Waals surface area contributed by atoms with Crippen LogP contribution in [0.2, 0.25) is 0 Å². The molecule has 84 valence electrons. The van der Waals surface area contributed by atoms with E-state index in [9.17, 15) is 13.2 Å². The van der Waals surface area contributed by atoms with Gasteiger partial charge < -0.3 is 10.5 Å². The molecule has 1 aromatic rings. The van der Waals surface area contributed by atoms with Crippen LogP contribution in [0.3, 0.4) is 0 Å². The fourth-order valence-corrected chi connectivity index (χ4v) is 1.03. The van der Waals surface area contributed by atoms with Crippen molar-refractivity contribution in [3.8, 4) is 5.75 Å². The van der Waals surface area contributed by atoms with E-state index >= 15 is 0 Å². The minimum atomic E-state index is -4.37. The predicted molar refractivity (Wildman–Crippen MR) is 49.7 cm³/mol. The summed E-state index contributed by atoms with van der Waals surface area (Å²) in [5.41, 5.74) is 6.73. The van der Waals surface area contributed by atoms with E-state index in [1.807, 2.05) is 0 Å². The van der Waals surface area contributed by atoms with Crippen molar-refractivity contribution in [3.63, 3.8) is 0 Å². The zero-order chi connectivity index (χ0) is 11.6. The van der Waals surface area contributed by atoms with Crippen molar-refractivity contribution >= 4 is 5.69 Å². The molecule has 0 bridgehead atoms. The third-order valence-electron chi connectivity index (χ3n) is 1.83. The normalized spacial score (nSPS) is 11.5. The van der Waals surface area contributed by atoms with E-state index in [0.29, 0.717) is 11.3 Å². The Morgan fingerprint density at radius 2 is 2.00 bits per heavy atom. The van der Waals surface area contributed by atoms with E-state index in [1.165, 1.54) is 6.20 Å². The Kier molecular flexibility index (Phi) is 3.06. The summed E-state index contributed by atoms with van der Waals surface area (Å²) >= 11 is 0. The maximum atomic E-state index is 11.9. The molecule has 0 unspecified atom stereocenters. The highest BCUT2D eigenvalue weighted by atomic mass is 19.4. The average molecular weight is 220 g/mol. The van der Waals surface area contributed by atoms with Crippen molar-refractivity contribution in [1.29, 1.82) is 0 Å². The molecule has 0 aliphatic rings. The lowest BCUT2D eigenvalue weighted by molar-refractivity contribution is -0.153. The number of nitrogens with zero attached hydrogens (tertiary/aromatic N) is 1. The highest BCUT2D eigenvalue weighted by Gasteiger charge is 2.29. The molecule has 15 heavy (non-hydrogen) atoms. The van der Waals surface area contributed by atoms with Gasteiger partial charge in [-0.05, 0) is 19.4 Å². The van der Waals surface area contributed by atoms with Crippen LogP contribution in [0.4, 0.5) is 18.9 Å². The Morgan fingerprint density at radius 1 is 1.40 bits per heavy atom. The fourth-order valence-electron chi connectivity index (χ4n) is 1.03. The molecule has 0 aliphatic carbocycles.